The van der Waals surface area contributed by atoms with Crippen LogP contribution in [0.15, 0.2) is 35.3 Å². The topological polar surface area (TPSA) is 60.9 Å². The normalized spacial score (nSPS) is 26.8. The smallest absolute Gasteiger partial charge is 0.269 e. The second kappa shape index (κ2) is 5.37. The summed E-state index contributed by atoms with van der Waals surface area (Å²) in [6.45, 7) is 2.90. The molecule has 1 saturated carbocycles. The Balaban J connectivity index is 2.16. The summed E-state index contributed by atoms with van der Waals surface area (Å²) in [4.78, 5) is 16.6. The molecule has 0 aliphatic heterocycles. The van der Waals surface area contributed by atoms with Crippen molar-refractivity contribution in [3.05, 3.63) is 40.8 Å². The number of benzene rings is 1. The van der Waals surface area contributed by atoms with Crippen molar-refractivity contribution in [2.75, 3.05) is 6.54 Å². The van der Waals surface area contributed by atoms with Gasteiger partial charge in [-0.05, 0) is 43.4 Å². The average Bonchev–Trinajstić information content (AvgIpc) is 2.47. The zero-order valence-corrected chi connectivity index (χ0v) is 11.8. The minimum absolute atomic E-state index is 0.0127. The van der Waals surface area contributed by atoms with Gasteiger partial charge in [-0.2, -0.15) is 0 Å². The largest absolute Gasteiger partial charge is 0.330 e. The van der Waals surface area contributed by atoms with Gasteiger partial charge in [-0.25, -0.2) is 4.98 Å². The van der Waals surface area contributed by atoms with Crippen LogP contribution in [0, 0.1) is 11.8 Å². The van der Waals surface area contributed by atoms with Gasteiger partial charge in [0.15, 0.2) is 0 Å². The quantitative estimate of drug-likeness (QED) is 0.912. The van der Waals surface area contributed by atoms with E-state index in [1.807, 2.05) is 28.8 Å². The molecule has 4 heteroatoms. The van der Waals surface area contributed by atoms with E-state index in [4.69, 9.17) is 5.73 Å². The first-order valence-electron chi connectivity index (χ1n) is 7.37. The molecule has 1 aromatic heterocycles. The molecule has 1 aliphatic rings. The molecule has 0 amide bonds. The summed E-state index contributed by atoms with van der Waals surface area (Å²) >= 11 is 0. The summed E-state index contributed by atoms with van der Waals surface area (Å²) < 4.78 is 1.93. The summed E-state index contributed by atoms with van der Waals surface area (Å²) in [5, 5.41) is 0. The molecule has 0 spiro atoms. The van der Waals surface area contributed by atoms with Crippen molar-refractivity contribution in [3.8, 4) is 0 Å². The zero-order chi connectivity index (χ0) is 14.1. The number of hydrogen-bond donors (Lipinski definition) is 1. The fraction of sp³-hybridized carbons (Fsp3) is 0.500. The molecule has 3 unspecified atom stereocenters. The van der Waals surface area contributed by atoms with Crippen LogP contribution in [0.5, 0.6) is 0 Å². The van der Waals surface area contributed by atoms with Crippen molar-refractivity contribution < 1.29 is 0 Å². The van der Waals surface area contributed by atoms with Gasteiger partial charge < -0.3 is 10.3 Å². The molecule has 20 heavy (non-hydrogen) atoms. The molecular weight excluding hydrogens is 250 g/mol. The lowest BCUT2D eigenvalue weighted by atomic mass is 9.78. The molecule has 0 saturated heterocycles. The highest BCUT2D eigenvalue weighted by Gasteiger charge is 2.30. The summed E-state index contributed by atoms with van der Waals surface area (Å²) in [7, 11) is 0. The number of nitrogens with zero attached hydrogens (tertiary/aromatic N) is 2. The Kier molecular flexibility index (Phi) is 3.57. The van der Waals surface area contributed by atoms with Crippen LogP contribution in [0.25, 0.3) is 11.0 Å². The van der Waals surface area contributed by atoms with Crippen molar-refractivity contribution >= 4 is 11.0 Å². The lowest BCUT2D eigenvalue weighted by molar-refractivity contribution is 0.198. The number of hydrogen-bond acceptors (Lipinski definition) is 3. The highest BCUT2D eigenvalue weighted by Crippen LogP contribution is 2.36. The number of aromatic nitrogens is 2. The van der Waals surface area contributed by atoms with E-state index in [9.17, 15) is 4.79 Å². The Hall–Kier alpha value is -1.68. The Morgan fingerprint density at radius 1 is 1.35 bits per heavy atom. The first-order chi connectivity index (χ1) is 9.70. The maximum Gasteiger partial charge on any atom is 0.269 e. The molecule has 1 fully saturated rings. The van der Waals surface area contributed by atoms with Crippen LogP contribution >= 0.6 is 0 Å². The number of rotatable bonds is 2. The van der Waals surface area contributed by atoms with Gasteiger partial charge in [0.1, 0.15) is 0 Å². The van der Waals surface area contributed by atoms with E-state index in [1.165, 1.54) is 12.6 Å². The van der Waals surface area contributed by atoms with Crippen LogP contribution in [0.4, 0.5) is 0 Å². The second-order valence-electron chi connectivity index (χ2n) is 5.94. The van der Waals surface area contributed by atoms with Crippen molar-refractivity contribution in [1.29, 1.82) is 0 Å². The molecule has 2 aromatic rings. The SMILES string of the molecule is CC1CCC(CN)C(n2c(=O)cnc3ccccc32)C1. The predicted octanol–water partition coefficient (Wildman–Crippen LogP) is 2.33. The van der Waals surface area contributed by atoms with Gasteiger partial charge in [0.05, 0.1) is 17.2 Å². The molecule has 1 aromatic carbocycles. The zero-order valence-electron chi connectivity index (χ0n) is 11.8. The maximum absolute atomic E-state index is 12.4. The monoisotopic (exact) mass is 271 g/mol. The Bertz CT molecular complexity index is 664. The molecule has 3 atom stereocenters. The molecule has 0 bridgehead atoms. The lowest BCUT2D eigenvalue weighted by Gasteiger charge is -2.36. The first kappa shape index (κ1) is 13.3. The van der Waals surface area contributed by atoms with E-state index in [-0.39, 0.29) is 11.6 Å². The Labute approximate surface area is 118 Å². The molecule has 4 nitrogen and oxygen atoms in total. The molecule has 0 radical (unpaired) electrons. The molecule has 106 valence electrons. The fourth-order valence-electron chi connectivity index (χ4n) is 3.43. The Morgan fingerprint density at radius 2 is 2.15 bits per heavy atom. The highest BCUT2D eigenvalue weighted by atomic mass is 16.1. The van der Waals surface area contributed by atoms with Gasteiger partial charge in [0, 0.05) is 6.04 Å². The minimum Gasteiger partial charge on any atom is -0.330 e. The summed E-state index contributed by atoms with van der Waals surface area (Å²) in [6.07, 6.45) is 4.77. The summed E-state index contributed by atoms with van der Waals surface area (Å²) in [6, 6.07) is 8.05. The number of para-hydroxylation sites is 2. The maximum atomic E-state index is 12.4. The van der Waals surface area contributed by atoms with Crippen molar-refractivity contribution in [2.45, 2.75) is 32.2 Å². The van der Waals surface area contributed by atoms with Crippen molar-refractivity contribution in [2.24, 2.45) is 17.6 Å². The van der Waals surface area contributed by atoms with Crippen LogP contribution in [-0.4, -0.2) is 16.1 Å². The third-order valence-corrected chi connectivity index (χ3v) is 4.55. The van der Waals surface area contributed by atoms with Crippen LogP contribution in [-0.2, 0) is 0 Å². The van der Waals surface area contributed by atoms with E-state index < -0.39 is 0 Å². The van der Waals surface area contributed by atoms with Crippen LogP contribution in [0.1, 0.15) is 32.2 Å². The summed E-state index contributed by atoms with van der Waals surface area (Å²) in [5.74, 6) is 1.02. The number of fused-ring (bicyclic) bond motifs is 1. The lowest BCUT2D eigenvalue weighted by Crippen LogP contribution is -2.37. The molecular formula is C16H21N3O. The van der Waals surface area contributed by atoms with E-state index in [1.54, 1.807) is 0 Å². The van der Waals surface area contributed by atoms with Gasteiger partial charge >= 0.3 is 0 Å². The fourth-order valence-corrected chi connectivity index (χ4v) is 3.43. The third-order valence-electron chi connectivity index (χ3n) is 4.55. The highest BCUT2D eigenvalue weighted by molar-refractivity contribution is 5.74. The van der Waals surface area contributed by atoms with Crippen molar-refractivity contribution in [3.63, 3.8) is 0 Å². The van der Waals surface area contributed by atoms with E-state index in [0.29, 0.717) is 18.4 Å². The van der Waals surface area contributed by atoms with Gasteiger partial charge in [-0.1, -0.05) is 25.5 Å². The molecule has 2 N–H and O–H groups in total. The molecule has 3 rings (SSSR count). The van der Waals surface area contributed by atoms with Crippen molar-refractivity contribution in [1.82, 2.24) is 9.55 Å². The second-order valence-corrected chi connectivity index (χ2v) is 5.94. The third kappa shape index (κ3) is 2.24. The van der Waals surface area contributed by atoms with Gasteiger partial charge in [-0.15, -0.1) is 0 Å². The molecule has 1 heterocycles. The molecule has 1 aliphatic carbocycles. The summed E-state index contributed by atoms with van der Waals surface area (Å²) in [5.41, 5.74) is 7.73. The van der Waals surface area contributed by atoms with E-state index in [0.717, 1.165) is 23.9 Å². The van der Waals surface area contributed by atoms with E-state index >= 15 is 0 Å². The first-order valence-corrected chi connectivity index (χ1v) is 7.37. The van der Waals surface area contributed by atoms with Gasteiger partial charge in [0.25, 0.3) is 5.56 Å². The number of nitrogens with two attached hydrogens (primary N) is 1. The van der Waals surface area contributed by atoms with E-state index in [2.05, 4.69) is 11.9 Å². The Morgan fingerprint density at radius 3 is 2.95 bits per heavy atom. The average molecular weight is 271 g/mol. The van der Waals surface area contributed by atoms with Crippen LogP contribution < -0.4 is 11.3 Å². The van der Waals surface area contributed by atoms with Crippen LogP contribution in [0.2, 0.25) is 0 Å². The minimum atomic E-state index is -0.0127. The standard InChI is InChI=1S/C16H21N3O/c1-11-6-7-12(9-17)15(8-11)19-14-5-3-2-4-13(14)18-10-16(19)20/h2-5,10-12,15H,6-9,17H2,1H3. The van der Waals surface area contributed by atoms with Crippen LogP contribution in [0.3, 0.4) is 0 Å². The van der Waals surface area contributed by atoms with Gasteiger partial charge in [-0.3, -0.25) is 4.79 Å². The predicted molar refractivity (Wildman–Crippen MR) is 80.6 cm³/mol. The van der Waals surface area contributed by atoms with Gasteiger partial charge in [0.2, 0.25) is 0 Å².